The van der Waals surface area contributed by atoms with E-state index in [1.165, 1.54) is 0 Å². The first kappa shape index (κ1) is 9.03. The van der Waals surface area contributed by atoms with Crippen molar-refractivity contribution in [1.29, 1.82) is 0 Å². The molecule has 1 saturated heterocycles. The Kier molecular flexibility index (Phi) is 3.08. The third-order valence-corrected chi connectivity index (χ3v) is 1.93. The fourth-order valence-electron chi connectivity index (χ4n) is 1.06. The van der Waals surface area contributed by atoms with E-state index in [0.29, 0.717) is 19.7 Å². The highest BCUT2D eigenvalue weighted by molar-refractivity contribution is 5.69. The molecule has 0 bridgehead atoms. The van der Waals surface area contributed by atoms with Crippen molar-refractivity contribution in [2.45, 2.75) is 13.3 Å². The summed E-state index contributed by atoms with van der Waals surface area (Å²) in [6, 6.07) is 0. The van der Waals surface area contributed by atoms with Gasteiger partial charge in [-0.25, -0.2) is 4.79 Å². The maximum absolute atomic E-state index is 10.9. The van der Waals surface area contributed by atoms with Gasteiger partial charge in [0.05, 0.1) is 6.54 Å². The first-order chi connectivity index (χ1) is 5.74. The highest BCUT2D eigenvalue weighted by Gasteiger charge is 2.21. The average molecular weight is 171 g/mol. The van der Waals surface area contributed by atoms with Gasteiger partial charge in [-0.05, 0) is 6.42 Å². The molecule has 0 saturated carbocycles. The fraction of sp³-hybridized carbons (Fsp3) is 0.750. The number of ether oxygens (including phenoxy) is 1. The quantitative estimate of drug-likeness (QED) is 0.584. The van der Waals surface area contributed by atoms with E-state index >= 15 is 0 Å². The molecule has 1 rings (SSSR count). The van der Waals surface area contributed by atoms with Crippen molar-refractivity contribution in [2.75, 3.05) is 19.7 Å². The molecule has 0 aliphatic carbocycles. The summed E-state index contributed by atoms with van der Waals surface area (Å²) in [4.78, 5) is 22.8. The third-order valence-electron chi connectivity index (χ3n) is 1.93. The van der Waals surface area contributed by atoms with Crippen LogP contribution in [0.15, 0.2) is 0 Å². The van der Waals surface area contributed by atoms with Crippen LogP contribution in [0, 0.1) is 5.92 Å². The molecule has 0 radical (unpaired) electrons. The van der Waals surface area contributed by atoms with Gasteiger partial charge in [-0.1, -0.05) is 6.92 Å². The van der Waals surface area contributed by atoms with E-state index in [0.717, 1.165) is 12.7 Å². The number of carbonyl (C=O) groups is 2. The van der Waals surface area contributed by atoms with Crippen molar-refractivity contribution in [2.24, 2.45) is 5.92 Å². The van der Waals surface area contributed by atoms with Crippen LogP contribution in [0.5, 0.6) is 0 Å². The van der Waals surface area contributed by atoms with E-state index in [4.69, 9.17) is 4.74 Å². The summed E-state index contributed by atoms with van der Waals surface area (Å²) in [6.45, 7) is 3.60. The van der Waals surface area contributed by atoms with Gasteiger partial charge >= 0.3 is 6.09 Å². The molecule has 0 unspecified atom stereocenters. The lowest BCUT2D eigenvalue weighted by molar-refractivity contribution is -0.110. The number of hydrogen-bond donors (Lipinski definition) is 0. The van der Waals surface area contributed by atoms with E-state index in [1.807, 2.05) is 6.92 Å². The molecule has 0 aromatic heterocycles. The van der Waals surface area contributed by atoms with Gasteiger partial charge in [-0.3, -0.25) is 0 Å². The van der Waals surface area contributed by atoms with Crippen molar-refractivity contribution >= 4 is 12.4 Å². The minimum absolute atomic E-state index is 0.0263. The summed E-state index contributed by atoms with van der Waals surface area (Å²) in [7, 11) is 0. The van der Waals surface area contributed by atoms with Crippen LogP contribution in [0.2, 0.25) is 0 Å². The van der Waals surface area contributed by atoms with Crippen molar-refractivity contribution in [3.8, 4) is 0 Å². The van der Waals surface area contributed by atoms with Crippen molar-refractivity contribution in [1.82, 2.24) is 4.90 Å². The zero-order valence-electron chi connectivity index (χ0n) is 7.16. The highest BCUT2D eigenvalue weighted by Crippen LogP contribution is 2.06. The second-order valence-corrected chi connectivity index (χ2v) is 3.00. The molecule has 0 aromatic rings. The molecular formula is C8H13NO3. The third kappa shape index (κ3) is 2.22. The van der Waals surface area contributed by atoms with Gasteiger partial charge in [-0.15, -0.1) is 0 Å². The summed E-state index contributed by atoms with van der Waals surface area (Å²) in [5.41, 5.74) is 0. The molecule has 0 N–H and O–H groups in total. The number of rotatable bonds is 4. The highest BCUT2D eigenvalue weighted by atomic mass is 16.6. The molecule has 1 aliphatic heterocycles. The van der Waals surface area contributed by atoms with Crippen LogP contribution in [0.25, 0.3) is 0 Å². The smallest absolute Gasteiger partial charge is 0.409 e. The van der Waals surface area contributed by atoms with Crippen LogP contribution >= 0.6 is 0 Å². The molecule has 4 nitrogen and oxygen atoms in total. The number of carbonyl (C=O) groups excluding carboxylic acids is 2. The van der Waals surface area contributed by atoms with Crippen LogP contribution < -0.4 is 0 Å². The molecular weight excluding hydrogens is 158 g/mol. The topological polar surface area (TPSA) is 46.6 Å². The molecule has 1 atom stereocenters. The molecule has 1 amide bonds. The summed E-state index contributed by atoms with van der Waals surface area (Å²) < 4.78 is 4.73. The predicted octanol–water partition coefficient (Wildman–Crippen LogP) is 0.664. The minimum Gasteiger partial charge on any atom is -0.448 e. The zero-order chi connectivity index (χ0) is 8.97. The molecule has 12 heavy (non-hydrogen) atoms. The van der Waals surface area contributed by atoms with Crippen LogP contribution in [0.4, 0.5) is 4.79 Å². The Balaban J connectivity index is 2.22. The van der Waals surface area contributed by atoms with Crippen LogP contribution in [0.1, 0.15) is 13.3 Å². The Hall–Kier alpha value is -1.06. The maximum Gasteiger partial charge on any atom is 0.409 e. The number of cyclic esters (lactones) is 1. The van der Waals surface area contributed by atoms with Gasteiger partial charge in [0.2, 0.25) is 0 Å². The lowest BCUT2D eigenvalue weighted by Gasteiger charge is -2.12. The van der Waals surface area contributed by atoms with E-state index in [-0.39, 0.29) is 12.0 Å². The first-order valence-electron chi connectivity index (χ1n) is 4.11. The SMILES string of the molecule is C[C@H](C=O)CCN1CCOC1=O. The lowest BCUT2D eigenvalue weighted by atomic mass is 10.1. The maximum atomic E-state index is 10.9. The molecule has 68 valence electrons. The Labute approximate surface area is 71.5 Å². The monoisotopic (exact) mass is 171 g/mol. The van der Waals surface area contributed by atoms with E-state index in [9.17, 15) is 9.59 Å². The minimum atomic E-state index is -0.256. The number of nitrogens with zero attached hydrogens (tertiary/aromatic N) is 1. The van der Waals surface area contributed by atoms with Crippen molar-refractivity contribution < 1.29 is 14.3 Å². The number of amides is 1. The molecule has 1 heterocycles. The zero-order valence-corrected chi connectivity index (χ0v) is 7.16. The Morgan fingerprint density at radius 2 is 2.50 bits per heavy atom. The second kappa shape index (κ2) is 4.09. The van der Waals surface area contributed by atoms with Gasteiger partial charge in [0.15, 0.2) is 0 Å². The largest absolute Gasteiger partial charge is 0.448 e. The summed E-state index contributed by atoms with van der Waals surface area (Å²) >= 11 is 0. The molecule has 1 fully saturated rings. The van der Waals surface area contributed by atoms with Gasteiger partial charge < -0.3 is 14.4 Å². The van der Waals surface area contributed by atoms with E-state index < -0.39 is 0 Å². The average Bonchev–Trinajstić information content (AvgIpc) is 2.47. The number of hydrogen-bond acceptors (Lipinski definition) is 3. The fourth-order valence-corrected chi connectivity index (χ4v) is 1.06. The van der Waals surface area contributed by atoms with Crippen molar-refractivity contribution in [3.05, 3.63) is 0 Å². The molecule has 0 spiro atoms. The van der Waals surface area contributed by atoms with Gasteiger partial charge in [0, 0.05) is 12.5 Å². The first-order valence-corrected chi connectivity index (χ1v) is 4.11. The van der Waals surface area contributed by atoms with Crippen LogP contribution in [0.3, 0.4) is 0 Å². The Morgan fingerprint density at radius 1 is 1.75 bits per heavy atom. The molecule has 4 heteroatoms. The van der Waals surface area contributed by atoms with Crippen molar-refractivity contribution in [3.63, 3.8) is 0 Å². The van der Waals surface area contributed by atoms with Gasteiger partial charge in [0.1, 0.15) is 12.9 Å². The van der Waals surface area contributed by atoms with E-state index in [1.54, 1.807) is 4.90 Å². The van der Waals surface area contributed by atoms with Crippen LogP contribution in [-0.2, 0) is 9.53 Å². The molecule has 0 aromatic carbocycles. The van der Waals surface area contributed by atoms with Gasteiger partial charge in [0.25, 0.3) is 0 Å². The Bertz CT molecular complexity index is 181. The predicted molar refractivity (Wildman–Crippen MR) is 42.8 cm³/mol. The number of aldehydes is 1. The lowest BCUT2D eigenvalue weighted by Crippen LogP contribution is -2.26. The summed E-state index contributed by atoms with van der Waals surface area (Å²) in [5, 5.41) is 0. The van der Waals surface area contributed by atoms with E-state index in [2.05, 4.69) is 0 Å². The standard InChI is InChI=1S/C8H13NO3/c1-7(6-10)2-3-9-4-5-12-8(9)11/h6-7H,2-5H2,1H3/t7-/m0/s1. The normalized spacial score (nSPS) is 19.1. The molecule has 1 aliphatic rings. The summed E-state index contributed by atoms with van der Waals surface area (Å²) in [6.07, 6.45) is 1.37. The van der Waals surface area contributed by atoms with Gasteiger partial charge in [-0.2, -0.15) is 0 Å². The second-order valence-electron chi connectivity index (χ2n) is 3.00. The Morgan fingerprint density at radius 3 is 3.00 bits per heavy atom. The summed E-state index contributed by atoms with van der Waals surface area (Å²) in [5.74, 6) is 0.0263. The van der Waals surface area contributed by atoms with Crippen LogP contribution in [-0.4, -0.2) is 37.0 Å².